The third kappa shape index (κ3) is 6.81. The zero-order valence-electron chi connectivity index (χ0n) is 17.6. The normalized spacial score (nSPS) is 11.8. The fraction of sp³-hybridized carbons (Fsp3) is 0.125. The van der Waals surface area contributed by atoms with E-state index in [1.165, 1.54) is 12.3 Å². The summed E-state index contributed by atoms with van der Waals surface area (Å²) in [6.45, 7) is 3.39. The van der Waals surface area contributed by atoms with Crippen molar-refractivity contribution in [3.63, 3.8) is 0 Å². The first-order valence-corrected chi connectivity index (χ1v) is 11.3. The van der Waals surface area contributed by atoms with Gasteiger partial charge in [0.2, 0.25) is 0 Å². The van der Waals surface area contributed by atoms with Gasteiger partial charge >= 0.3 is 5.97 Å². The molecular weight excluding hydrogens is 531 g/mol. The highest BCUT2D eigenvalue weighted by molar-refractivity contribution is 9.10. The van der Waals surface area contributed by atoms with Crippen LogP contribution in [0.25, 0.3) is 0 Å². The number of benzene rings is 3. The smallest absolute Gasteiger partial charge is 0.343 e. The zero-order chi connectivity index (χ0) is 24.0. The molecule has 0 bridgehead atoms. The molecule has 3 aromatic carbocycles. The molecule has 9 heteroatoms. The van der Waals surface area contributed by atoms with E-state index < -0.39 is 18.0 Å². The minimum absolute atomic E-state index is 0.292. The number of carbonyl (C=O) groups is 2. The van der Waals surface area contributed by atoms with Crippen molar-refractivity contribution in [1.82, 2.24) is 5.43 Å². The van der Waals surface area contributed by atoms with Gasteiger partial charge in [0, 0.05) is 15.1 Å². The number of carbonyl (C=O) groups excluding carboxylic acids is 2. The number of ether oxygens (including phenoxy) is 2. The van der Waals surface area contributed by atoms with Gasteiger partial charge in [0.25, 0.3) is 5.91 Å². The molecule has 0 fully saturated rings. The number of hydrogen-bond donors (Lipinski definition) is 1. The van der Waals surface area contributed by atoms with Crippen LogP contribution < -0.4 is 14.9 Å². The maximum atomic E-state index is 12.6. The Bertz CT molecular complexity index is 1220. The SMILES string of the molecule is Cc1ccccc1C(=O)Oc1ccc(Br)cc1/C=N\NC(=O)[C@H](C)Oc1ccc(Cl)cc1Cl. The van der Waals surface area contributed by atoms with E-state index in [-0.39, 0.29) is 0 Å². The molecular formula is C24H19BrCl2N2O4. The van der Waals surface area contributed by atoms with Crippen LogP contribution in [0.2, 0.25) is 10.0 Å². The lowest BCUT2D eigenvalue weighted by atomic mass is 10.1. The third-order valence-corrected chi connectivity index (χ3v) is 5.51. The van der Waals surface area contributed by atoms with Crippen molar-refractivity contribution in [2.75, 3.05) is 0 Å². The summed E-state index contributed by atoms with van der Waals surface area (Å²) in [5.74, 6) is -0.367. The van der Waals surface area contributed by atoms with Crippen molar-refractivity contribution >= 4 is 57.2 Å². The molecule has 0 radical (unpaired) electrons. The van der Waals surface area contributed by atoms with Crippen LogP contribution >= 0.6 is 39.1 Å². The number of nitrogens with zero attached hydrogens (tertiary/aromatic N) is 1. The first-order valence-electron chi connectivity index (χ1n) is 9.76. The third-order valence-electron chi connectivity index (χ3n) is 4.48. The van der Waals surface area contributed by atoms with Crippen LogP contribution in [-0.4, -0.2) is 24.2 Å². The average Bonchev–Trinajstić information content (AvgIpc) is 2.77. The van der Waals surface area contributed by atoms with Crippen molar-refractivity contribution in [3.8, 4) is 11.5 Å². The molecule has 1 amide bonds. The van der Waals surface area contributed by atoms with Crippen LogP contribution in [0, 0.1) is 6.92 Å². The van der Waals surface area contributed by atoms with E-state index in [2.05, 4.69) is 26.5 Å². The molecule has 0 saturated heterocycles. The largest absolute Gasteiger partial charge is 0.479 e. The standard InChI is InChI=1S/C24H19BrCl2N2O4/c1-14-5-3-4-6-19(14)24(31)33-21-9-7-17(25)11-16(21)13-28-29-23(30)15(2)32-22-10-8-18(26)12-20(22)27/h3-13,15H,1-2H3,(H,29,30)/b28-13-/t15-/m0/s1. The lowest BCUT2D eigenvalue weighted by Crippen LogP contribution is -2.33. The van der Waals surface area contributed by atoms with Crippen LogP contribution in [0.1, 0.15) is 28.4 Å². The summed E-state index contributed by atoms with van der Waals surface area (Å²) in [5.41, 5.74) is 4.15. The van der Waals surface area contributed by atoms with Gasteiger partial charge in [-0.2, -0.15) is 5.10 Å². The van der Waals surface area contributed by atoms with Gasteiger partial charge in [-0.25, -0.2) is 10.2 Å². The first-order chi connectivity index (χ1) is 15.7. The Morgan fingerprint density at radius 1 is 1.06 bits per heavy atom. The number of halogens is 3. The molecule has 0 unspecified atom stereocenters. The Kier molecular flexibility index (Phi) is 8.49. The molecule has 0 spiro atoms. The molecule has 0 heterocycles. The molecule has 0 aliphatic rings. The van der Waals surface area contributed by atoms with Crippen molar-refractivity contribution in [2.45, 2.75) is 20.0 Å². The van der Waals surface area contributed by atoms with Crippen LogP contribution in [-0.2, 0) is 4.79 Å². The van der Waals surface area contributed by atoms with E-state index in [9.17, 15) is 9.59 Å². The topological polar surface area (TPSA) is 77.0 Å². The minimum atomic E-state index is -0.873. The van der Waals surface area contributed by atoms with Crippen LogP contribution in [0.15, 0.2) is 70.2 Å². The number of amides is 1. The Labute approximate surface area is 209 Å². The van der Waals surface area contributed by atoms with Gasteiger partial charge in [0.15, 0.2) is 6.10 Å². The second-order valence-electron chi connectivity index (χ2n) is 6.96. The Balaban J connectivity index is 1.68. The van der Waals surface area contributed by atoms with E-state index in [0.29, 0.717) is 32.7 Å². The summed E-state index contributed by atoms with van der Waals surface area (Å²) in [6.07, 6.45) is 0.507. The van der Waals surface area contributed by atoms with Crippen LogP contribution in [0.4, 0.5) is 0 Å². The van der Waals surface area contributed by atoms with E-state index in [0.717, 1.165) is 10.0 Å². The summed E-state index contributed by atoms with van der Waals surface area (Å²) in [7, 11) is 0. The number of nitrogens with one attached hydrogen (secondary N) is 1. The molecule has 170 valence electrons. The lowest BCUT2D eigenvalue weighted by Gasteiger charge is -2.14. The van der Waals surface area contributed by atoms with Gasteiger partial charge in [0.05, 0.1) is 16.8 Å². The van der Waals surface area contributed by atoms with Gasteiger partial charge < -0.3 is 9.47 Å². The monoisotopic (exact) mass is 548 g/mol. The summed E-state index contributed by atoms with van der Waals surface area (Å²) in [5, 5.41) is 4.72. The maximum absolute atomic E-state index is 12.6. The summed E-state index contributed by atoms with van der Waals surface area (Å²) in [6, 6.07) is 16.9. The molecule has 0 aliphatic carbocycles. The van der Waals surface area contributed by atoms with Gasteiger partial charge in [-0.1, -0.05) is 57.3 Å². The highest BCUT2D eigenvalue weighted by atomic mass is 79.9. The molecule has 33 heavy (non-hydrogen) atoms. The quantitative estimate of drug-likeness (QED) is 0.165. The van der Waals surface area contributed by atoms with E-state index in [1.54, 1.807) is 49.4 Å². The predicted octanol–water partition coefficient (Wildman–Crippen LogP) is 6.20. The van der Waals surface area contributed by atoms with E-state index in [1.807, 2.05) is 19.1 Å². The van der Waals surface area contributed by atoms with Crippen molar-refractivity contribution < 1.29 is 19.1 Å². The molecule has 6 nitrogen and oxygen atoms in total. The van der Waals surface area contributed by atoms with Gasteiger partial charge in [-0.05, 0) is 61.9 Å². The minimum Gasteiger partial charge on any atom is -0.479 e. The lowest BCUT2D eigenvalue weighted by molar-refractivity contribution is -0.127. The molecule has 0 saturated carbocycles. The second-order valence-corrected chi connectivity index (χ2v) is 8.71. The summed E-state index contributed by atoms with van der Waals surface area (Å²) < 4.78 is 11.9. The number of esters is 1. The molecule has 3 rings (SSSR count). The number of hydrogen-bond acceptors (Lipinski definition) is 5. The van der Waals surface area contributed by atoms with Gasteiger partial charge in [-0.15, -0.1) is 0 Å². The summed E-state index contributed by atoms with van der Waals surface area (Å²) >= 11 is 15.3. The highest BCUT2D eigenvalue weighted by Gasteiger charge is 2.16. The summed E-state index contributed by atoms with van der Waals surface area (Å²) in [4.78, 5) is 24.9. The van der Waals surface area contributed by atoms with Crippen molar-refractivity contribution in [1.29, 1.82) is 0 Å². The molecule has 1 N–H and O–H groups in total. The van der Waals surface area contributed by atoms with E-state index in [4.69, 9.17) is 32.7 Å². The average molecular weight is 550 g/mol. The van der Waals surface area contributed by atoms with Crippen molar-refractivity contribution in [2.24, 2.45) is 5.10 Å². The maximum Gasteiger partial charge on any atom is 0.343 e. The van der Waals surface area contributed by atoms with Crippen LogP contribution in [0.5, 0.6) is 11.5 Å². The Hall–Kier alpha value is -2.87. The highest BCUT2D eigenvalue weighted by Crippen LogP contribution is 2.28. The Morgan fingerprint density at radius 3 is 2.52 bits per heavy atom. The predicted molar refractivity (Wildman–Crippen MR) is 133 cm³/mol. The molecule has 0 aliphatic heterocycles. The fourth-order valence-corrected chi connectivity index (χ4v) is 3.57. The number of aryl methyl sites for hydroxylation is 1. The van der Waals surface area contributed by atoms with Gasteiger partial charge in [0.1, 0.15) is 11.5 Å². The van der Waals surface area contributed by atoms with Crippen LogP contribution in [0.3, 0.4) is 0 Å². The number of rotatable bonds is 7. The van der Waals surface area contributed by atoms with Crippen molar-refractivity contribution in [3.05, 3.63) is 91.9 Å². The second kappa shape index (κ2) is 11.3. The van der Waals surface area contributed by atoms with E-state index >= 15 is 0 Å². The number of hydrazone groups is 1. The first kappa shape index (κ1) is 24.8. The fourth-order valence-electron chi connectivity index (χ4n) is 2.74. The Morgan fingerprint density at radius 2 is 1.79 bits per heavy atom. The zero-order valence-corrected chi connectivity index (χ0v) is 20.7. The molecule has 3 aromatic rings. The van der Waals surface area contributed by atoms with Gasteiger partial charge in [-0.3, -0.25) is 4.79 Å². The molecule has 1 atom stereocenters. The molecule has 0 aromatic heterocycles.